The summed E-state index contributed by atoms with van der Waals surface area (Å²) in [4.78, 5) is 57.2. The van der Waals surface area contributed by atoms with Gasteiger partial charge in [-0.15, -0.1) is 0 Å². The fraction of sp³-hybridized carbons (Fsp3) is 0.429. The lowest BCUT2D eigenvalue weighted by atomic mass is 10.1. The first-order valence-electron chi connectivity index (χ1n) is 17.0. The number of nitrogens with zero attached hydrogens (tertiary/aromatic N) is 8. The van der Waals surface area contributed by atoms with E-state index in [9.17, 15) is 40.0 Å². The topological polar surface area (TPSA) is 182 Å². The van der Waals surface area contributed by atoms with E-state index in [1.807, 2.05) is 20.8 Å². The lowest BCUT2D eigenvalue weighted by Crippen LogP contribution is -2.47. The molecule has 1 aliphatic rings. The number of hydrogen-bond acceptors (Lipinski definition) is 12. The first kappa shape index (κ1) is 38.6. The Balaban J connectivity index is 0.00000286. The minimum absolute atomic E-state index is 0.239. The summed E-state index contributed by atoms with van der Waals surface area (Å²) in [5.74, 6) is 0. The van der Waals surface area contributed by atoms with Crippen molar-refractivity contribution in [3.63, 3.8) is 0 Å². The van der Waals surface area contributed by atoms with Crippen molar-refractivity contribution < 1.29 is 20.8 Å². The van der Waals surface area contributed by atoms with Gasteiger partial charge in [-0.25, -0.2) is 0 Å². The maximum Gasteiger partial charge on any atom is 0.283 e. The number of hydrogen-bond donors (Lipinski definition) is 4. The van der Waals surface area contributed by atoms with Crippen LogP contribution >= 0.6 is 0 Å². The molecule has 51 heavy (non-hydrogen) atoms. The molecule has 1 saturated heterocycles. The molecule has 1 unspecified atom stereocenters. The molecule has 0 bridgehead atoms. The number of pyridine rings is 4. The maximum atomic E-state index is 12.3. The zero-order valence-electron chi connectivity index (χ0n) is 29.3. The van der Waals surface area contributed by atoms with Gasteiger partial charge in [0.05, 0.1) is 28.8 Å². The lowest BCUT2D eigenvalue weighted by molar-refractivity contribution is 0.0817. The number of aromatic nitrogens is 4. The molecule has 4 N–H and O–H groups in total. The van der Waals surface area contributed by atoms with E-state index in [0.717, 1.165) is 0 Å². The molecule has 1 fully saturated rings. The third-order valence-corrected chi connectivity index (χ3v) is 8.99. The summed E-state index contributed by atoms with van der Waals surface area (Å²) in [6, 6.07) is 17.7. The molecule has 0 amide bonds. The van der Waals surface area contributed by atoms with Gasteiger partial charge in [0.1, 0.15) is 0 Å². The van der Waals surface area contributed by atoms with E-state index in [4.69, 9.17) is 0 Å². The Morgan fingerprint density at radius 2 is 0.765 bits per heavy atom. The lowest BCUT2D eigenvalue weighted by Gasteiger charge is -2.36. The molecule has 0 aliphatic carbocycles. The van der Waals surface area contributed by atoms with Crippen molar-refractivity contribution >= 4 is 0 Å². The Hall–Kier alpha value is -5.16. The van der Waals surface area contributed by atoms with Gasteiger partial charge >= 0.3 is 0 Å². The standard InChI is InChI=1S/C33H42N8O8.C2H6/c1-25(29-9-5-13-33(45)41(29)49)37-20-18-35(23-27-7-3-11-31(43)39(27)47)16-14-34(22-26-6-2-10-30(42)38(26)46)15-17-36(19-21-37)24-28-8-4-12-32(44)40(28)48;1-2/h2-13,25,46-49H,14-24H2,1H3;1-2H3. The van der Waals surface area contributed by atoms with E-state index in [-0.39, 0.29) is 19.6 Å². The Labute approximate surface area is 294 Å². The fourth-order valence-electron chi connectivity index (χ4n) is 6.03. The van der Waals surface area contributed by atoms with E-state index >= 15 is 0 Å². The summed E-state index contributed by atoms with van der Waals surface area (Å²) in [5.41, 5.74) is -0.606. The van der Waals surface area contributed by atoms with Gasteiger partial charge in [0.15, 0.2) is 0 Å². The largest absolute Gasteiger partial charge is 0.425 e. The van der Waals surface area contributed by atoms with Crippen molar-refractivity contribution in [1.29, 1.82) is 0 Å². The van der Waals surface area contributed by atoms with Crippen LogP contribution in [-0.2, 0) is 19.6 Å². The zero-order valence-corrected chi connectivity index (χ0v) is 29.3. The highest BCUT2D eigenvalue weighted by atomic mass is 16.5. The average molecular weight is 709 g/mol. The zero-order chi connectivity index (χ0) is 37.1. The molecule has 276 valence electrons. The van der Waals surface area contributed by atoms with Crippen LogP contribution in [0.15, 0.2) is 92.0 Å². The third kappa shape index (κ3) is 9.97. The molecule has 0 aromatic carbocycles. The molecule has 5 rings (SSSR count). The van der Waals surface area contributed by atoms with Gasteiger partial charge in [-0.1, -0.05) is 38.1 Å². The molecular weight excluding hydrogens is 660 g/mol. The van der Waals surface area contributed by atoms with Crippen LogP contribution in [0.2, 0.25) is 0 Å². The SMILES string of the molecule is CC.CC(c1cccc(=O)n1O)N1CCN(Cc2cccc(=O)n2O)CCN(Cc2cccc(=O)n2O)CCN(Cc2cccc(=O)n2O)CC1. The van der Waals surface area contributed by atoms with Crippen LogP contribution in [0.3, 0.4) is 0 Å². The van der Waals surface area contributed by atoms with Crippen molar-refractivity contribution in [2.75, 3.05) is 52.4 Å². The molecule has 0 radical (unpaired) electrons. The van der Waals surface area contributed by atoms with E-state index in [2.05, 4.69) is 19.6 Å². The van der Waals surface area contributed by atoms with E-state index in [1.54, 1.807) is 48.5 Å². The van der Waals surface area contributed by atoms with Crippen LogP contribution in [0.1, 0.15) is 49.6 Å². The molecule has 4 aromatic heterocycles. The van der Waals surface area contributed by atoms with E-state index < -0.39 is 28.3 Å². The van der Waals surface area contributed by atoms with Crippen molar-refractivity contribution in [3.8, 4) is 0 Å². The van der Waals surface area contributed by atoms with Crippen molar-refractivity contribution in [3.05, 3.63) is 137 Å². The molecule has 16 nitrogen and oxygen atoms in total. The second kappa shape index (κ2) is 18.2. The normalized spacial score (nSPS) is 16.4. The molecule has 4 aromatic rings. The summed E-state index contributed by atoms with van der Waals surface area (Å²) in [6.07, 6.45) is 0. The summed E-state index contributed by atoms with van der Waals surface area (Å²) in [5, 5.41) is 42.0. The second-order valence-electron chi connectivity index (χ2n) is 12.1. The molecule has 0 spiro atoms. The molecule has 5 heterocycles. The Bertz CT molecular complexity index is 1900. The van der Waals surface area contributed by atoms with E-state index in [0.29, 0.717) is 94.1 Å². The maximum absolute atomic E-state index is 12.3. The highest BCUT2D eigenvalue weighted by Crippen LogP contribution is 2.19. The minimum Gasteiger partial charge on any atom is -0.425 e. The van der Waals surface area contributed by atoms with Gasteiger partial charge in [0.25, 0.3) is 22.2 Å². The Morgan fingerprint density at radius 3 is 1.12 bits per heavy atom. The molecule has 16 heteroatoms. The first-order valence-corrected chi connectivity index (χ1v) is 17.0. The van der Waals surface area contributed by atoms with Crippen LogP contribution in [0.4, 0.5) is 0 Å². The molecular formula is C35H48N8O8. The predicted molar refractivity (Wildman–Crippen MR) is 189 cm³/mol. The molecule has 1 atom stereocenters. The summed E-state index contributed by atoms with van der Waals surface area (Å²) < 4.78 is 2.51. The van der Waals surface area contributed by atoms with Gasteiger partial charge in [-0.3, -0.25) is 38.8 Å². The van der Waals surface area contributed by atoms with Gasteiger partial charge < -0.3 is 20.8 Å². The second-order valence-corrected chi connectivity index (χ2v) is 12.1. The third-order valence-electron chi connectivity index (χ3n) is 8.99. The van der Waals surface area contributed by atoms with Crippen LogP contribution < -0.4 is 22.2 Å². The highest BCUT2D eigenvalue weighted by molar-refractivity contribution is 5.11. The minimum atomic E-state index is -0.552. The van der Waals surface area contributed by atoms with Crippen molar-refractivity contribution in [1.82, 2.24) is 38.5 Å². The first-order chi connectivity index (χ1) is 24.5. The van der Waals surface area contributed by atoms with E-state index in [1.165, 1.54) is 24.3 Å². The van der Waals surface area contributed by atoms with Crippen LogP contribution in [0.25, 0.3) is 0 Å². The molecule has 1 aliphatic heterocycles. The van der Waals surface area contributed by atoms with Crippen LogP contribution in [-0.4, -0.2) is 112 Å². The van der Waals surface area contributed by atoms with Crippen LogP contribution in [0, 0.1) is 0 Å². The predicted octanol–water partition coefficient (Wildman–Crippen LogP) is 1.19. The smallest absolute Gasteiger partial charge is 0.283 e. The van der Waals surface area contributed by atoms with Crippen molar-refractivity contribution in [2.45, 2.75) is 46.4 Å². The summed E-state index contributed by atoms with van der Waals surface area (Å²) in [6.45, 7) is 10.4. The quantitative estimate of drug-likeness (QED) is 0.192. The molecule has 0 saturated carbocycles. The van der Waals surface area contributed by atoms with Crippen LogP contribution in [0.5, 0.6) is 0 Å². The average Bonchev–Trinajstić information content (AvgIpc) is 3.12. The summed E-state index contributed by atoms with van der Waals surface area (Å²) >= 11 is 0. The Morgan fingerprint density at radius 1 is 0.471 bits per heavy atom. The Kier molecular flexibility index (Phi) is 13.8. The van der Waals surface area contributed by atoms with Gasteiger partial charge in [0, 0.05) is 96.3 Å². The van der Waals surface area contributed by atoms with Gasteiger partial charge in [0.2, 0.25) is 0 Å². The number of rotatable bonds is 8. The van der Waals surface area contributed by atoms with Crippen molar-refractivity contribution in [2.24, 2.45) is 0 Å². The van der Waals surface area contributed by atoms with Gasteiger partial charge in [-0.2, -0.15) is 18.9 Å². The highest BCUT2D eigenvalue weighted by Gasteiger charge is 2.24. The van der Waals surface area contributed by atoms with Gasteiger partial charge in [-0.05, 0) is 31.2 Å². The monoisotopic (exact) mass is 708 g/mol. The fourth-order valence-corrected chi connectivity index (χ4v) is 6.03. The summed E-state index contributed by atoms with van der Waals surface area (Å²) in [7, 11) is 0.